The van der Waals surface area contributed by atoms with Crippen molar-refractivity contribution < 1.29 is 8.78 Å². The molecule has 0 amide bonds. The van der Waals surface area contributed by atoms with Crippen LogP contribution in [0.2, 0.25) is 0 Å². The molecule has 2 atom stereocenters. The van der Waals surface area contributed by atoms with E-state index in [4.69, 9.17) is 0 Å². The molecule has 0 saturated heterocycles. The molecule has 2 heteroatoms. The van der Waals surface area contributed by atoms with E-state index in [1.54, 1.807) is 6.92 Å². The zero-order valence-electron chi connectivity index (χ0n) is 6.53. The Hall–Kier alpha value is -0.140. The summed E-state index contributed by atoms with van der Waals surface area (Å²) >= 11 is 0. The quantitative estimate of drug-likeness (QED) is 0.495. The van der Waals surface area contributed by atoms with Crippen LogP contribution in [0.15, 0.2) is 0 Å². The molecule has 0 aromatic carbocycles. The minimum Gasteiger partial charge on any atom is -0.207 e. The first kappa shape index (κ1) is 7.96. The molecular weight excluding hydrogens is 134 g/mol. The lowest BCUT2D eigenvalue weighted by molar-refractivity contribution is -0.0927. The fourth-order valence-electron chi connectivity index (χ4n) is 1.51. The number of rotatable bonds is 0. The summed E-state index contributed by atoms with van der Waals surface area (Å²) in [5.74, 6) is -2.58. The molecule has 0 aromatic heterocycles. The lowest BCUT2D eigenvalue weighted by Crippen LogP contribution is -2.32. The molecule has 0 unspecified atom stereocenters. The maximum Gasteiger partial charge on any atom is 0.250 e. The van der Waals surface area contributed by atoms with Gasteiger partial charge in [-0.3, -0.25) is 0 Å². The van der Waals surface area contributed by atoms with Crippen molar-refractivity contribution in [2.24, 2.45) is 11.8 Å². The molecule has 1 rings (SSSR count). The van der Waals surface area contributed by atoms with Crippen molar-refractivity contribution in [2.75, 3.05) is 0 Å². The van der Waals surface area contributed by atoms with Crippen LogP contribution in [0.4, 0.5) is 8.78 Å². The monoisotopic (exact) mass is 148 g/mol. The van der Waals surface area contributed by atoms with E-state index in [9.17, 15) is 8.78 Å². The third-order valence-electron chi connectivity index (χ3n) is 2.43. The van der Waals surface area contributed by atoms with Crippen LogP contribution < -0.4 is 0 Å². The first-order chi connectivity index (χ1) is 4.52. The second kappa shape index (κ2) is 2.48. The fraction of sp³-hybridized carbons (Fsp3) is 1.00. The highest BCUT2D eigenvalue weighted by Gasteiger charge is 2.40. The predicted octanol–water partition coefficient (Wildman–Crippen LogP) is 3.08. The third-order valence-corrected chi connectivity index (χ3v) is 2.43. The Balaban J connectivity index is 2.55. The number of hydrogen-bond donors (Lipinski definition) is 0. The zero-order chi connectivity index (χ0) is 7.78. The van der Waals surface area contributed by atoms with Crippen molar-refractivity contribution in [1.82, 2.24) is 0 Å². The molecule has 10 heavy (non-hydrogen) atoms. The van der Waals surface area contributed by atoms with E-state index in [0.717, 1.165) is 6.42 Å². The van der Waals surface area contributed by atoms with Crippen LogP contribution in [-0.4, -0.2) is 5.92 Å². The van der Waals surface area contributed by atoms with Gasteiger partial charge < -0.3 is 0 Å². The predicted molar refractivity (Wildman–Crippen MR) is 37.1 cm³/mol. The summed E-state index contributed by atoms with van der Waals surface area (Å²) in [7, 11) is 0. The maximum atomic E-state index is 12.8. The summed E-state index contributed by atoms with van der Waals surface area (Å²) in [6.45, 7) is 3.55. The summed E-state index contributed by atoms with van der Waals surface area (Å²) in [6.07, 6.45) is 1.75. The molecule has 0 nitrogen and oxygen atoms in total. The second-order valence-corrected chi connectivity index (χ2v) is 3.55. The van der Waals surface area contributed by atoms with Crippen LogP contribution in [0.5, 0.6) is 0 Å². The number of halogens is 2. The molecule has 0 aliphatic heterocycles. The zero-order valence-corrected chi connectivity index (χ0v) is 6.53. The van der Waals surface area contributed by atoms with Gasteiger partial charge in [0.05, 0.1) is 0 Å². The van der Waals surface area contributed by atoms with Gasteiger partial charge in [0.1, 0.15) is 0 Å². The van der Waals surface area contributed by atoms with Crippen molar-refractivity contribution in [3.63, 3.8) is 0 Å². The van der Waals surface area contributed by atoms with Crippen molar-refractivity contribution in [3.8, 4) is 0 Å². The first-order valence-corrected chi connectivity index (χ1v) is 3.90. The third kappa shape index (κ3) is 1.47. The normalized spacial score (nSPS) is 39.6. The average Bonchev–Trinajstić information content (AvgIpc) is 1.78. The summed E-state index contributed by atoms with van der Waals surface area (Å²) < 4.78 is 25.7. The topological polar surface area (TPSA) is 0 Å². The van der Waals surface area contributed by atoms with E-state index < -0.39 is 11.8 Å². The van der Waals surface area contributed by atoms with E-state index in [1.807, 2.05) is 6.92 Å². The van der Waals surface area contributed by atoms with E-state index in [1.165, 1.54) is 0 Å². The van der Waals surface area contributed by atoms with Gasteiger partial charge >= 0.3 is 0 Å². The van der Waals surface area contributed by atoms with E-state index in [2.05, 4.69) is 0 Å². The van der Waals surface area contributed by atoms with Gasteiger partial charge in [0.25, 0.3) is 5.92 Å². The van der Waals surface area contributed by atoms with Crippen molar-refractivity contribution in [2.45, 2.75) is 39.0 Å². The highest BCUT2D eigenvalue weighted by molar-refractivity contribution is 4.81. The largest absolute Gasteiger partial charge is 0.250 e. The summed E-state index contributed by atoms with van der Waals surface area (Å²) in [5.41, 5.74) is 0. The van der Waals surface area contributed by atoms with Crippen LogP contribution in [0.3, 0.4) is 0 Å². The molecule has 0 spiro atoms. The SMILES string of the molecule is C[C@@H]1CC[C@H](C)C(F)(F)C1. The van der Waals surface area contributed by atoms with Gasteiger partial charge in [0.2, 0.25) is 0 Å². The van der Waals surface area contributed by atoms with Crippen LogP contribution in [0, 0.1) is 11.8 Å². The van der Waals surface area contributed by atoms with E-state index in [-0.39, 0.29) is 12.3 Å². The van der Waals surface area contributed by atoms with Gasteiger partial charge in [-0.2, -0.15) is 0 Å². The fourth-order valence-corrected chi connectivity index (χ4v) is 1.51. The highest BCUT2D eigenvalue weighted by Crippen LogP contribution is 2.40. The summed E-state index contributed by atoms with van der Waals surface area (Å²) in [4.78, 5) is 0. The Kier molecular flexibility index (Phi) is 1.97. The molecule has 0 heterocycles. The smallest absolute Gasteiger partial charge is 0.207 e. The summed E-state index contributed by atoms with van der Waals surface area (Å²) in [6, 6.07) is 0. The van der Waals surface area contributed by atoms with Crippen molar-refractivity contribution in [1.29, 1.82) is 0 Å². The average molecular weight is 148 g/mol. The van der Waals surface area contributed by atoms with Crippen molar-refractivity contribution in [3.05, 3.63) is 0 Å². The van der Waals surface area contributed by atoms with Crippen LogP contribution in [0.25, 0.3) is 0 Å². The van der Waals surface area contributed by atoms with Gasteiger partial charge in [0.15, 0.2) is 0 Å². The van der Waals surface area contributed by atoms with Crippen molar-refractivity contribution >= 4 is 0 Å². The van der Waals surface area contributed by atoms with Crippen LogP contribution >= 0.6 is 0 Å². The van der Waals surface area contributed by atoms with Crippen LogP contribution in [0.1, 0.15) is 33.1 Å². The van der Waals surface area contributed by atoms with E-state index in [0.29, 0.717) is 6.42 Å². The summed E-state index contributed by atoms with van der Waals surface area (Å²) in [5, 5.41) is 0. The Morgan fingerprint density at radius 3 is 2.20 bits per heavy atom. The van der Waals surface area contributed by atoms with Crippen LogP contribution in [-0.2, 0) is 0 Å². The maximum absolute atomic E-state index is 12.8. The molecule has 0 aromatic rings. The van der Waals surface area contributed by atoms with E-state index >= 15 is 0 Å². The Labute approximate surface area is 60.6 Å². The minimum absolute atomic E-state index is 0.0914. The highest BCUT2D eigenvalue weighted by atomic mass is 19.3. The molecular formula is C8H14F2. The van der Waals surface area contributed by atoms with Gasteiger partial charge in [0, 0.05) is 12.3 Å². The Morgan fingerprint density at radius 2 is 1.80 bits per heavy atom. The minimum atomic E-state index is -2.39. The Bertz CT molecular complexity index is 120. The second-order valence-electron chi connectivity index (χ2n) is 3.55. The Morgan fingerprint density at radius 1 is 1.20 bits per heavy atom. The lowest BCUT2D eigenvalue weighted by atomic mass is 9.81. The molecule has 1 fully saturated rings. The number of hydrogen-bond acceptors (Lipinski definition) is 0. The molecule has 0 bridgehead atoms. The molecule has 1 saturated carbocycles. The first-order valence-electron chi connectivity index (χ1n) is 3.90. The van der Waals surface area contributed by atoms with Gasteiger partial charge in [-0.25, -0.2) is 8.78 Å². The standard InChI is InChI=1S/C8H14F2/c1-6-3-4-7(2)8(9,10)5-6/h6-7H,3-5H2,1-2H3/t6-,7+/m1/s1. The van der Waals surface area contributed by atoms with Gasteiger partial charge in [-0.05, 0) is 12.3 Å². The molecule has 1 aliphatic carbocycles. The molecule has 0 N–H and O–H groups in total. The molecule has 0 radical (unpaired) electrons. The number of alkyl halides is 2. The molecule has 1 aliphatic rings. The van der Waals surface area contributed by atoms with Gasteiger partial charge in [-0.1, -0.05) is 20.3 Å². The lowest BCUT2D eigenvalue weighted by Gasteiger charge is -2.32. The van der Waals surface area contributed by atoms with Gasteiger partial charge in [-0.15, -0.1) is 0 Å². The molecule has 60 valence electrons.